The largest absolute Gasteiger partial charge is 0.508 e. The van der Waals surface area contributed by atoms with E-state index in [9.17, 15) is 5.11 Å². The molecule has 0 saturated carbocycles. The van der Waals surface area contributed by atoms with Crippen molar-refractivity contribution in [3.05, 3.63) is 54.6 Å². The lowest BCUT2D eigenvalue weighted by atomic mass is 10.3. The number of phenols is 1. The average Bonchev–Trinajstić information content (AvgIpc) is 2.72. The maximum Gasteiger partial charge on any atom is 0.182 e. The predicted molar refractivity (Wildman–Crippen MR) is 97.7 cm³/mol. The lowest BCUT2D eigenvalue weighted by molar-refractivity contribution is 0.475. The van der Waals surface area contributed by atoms with Gasteiger partial charge in [0.15, 0.2) is 5.11 Å². The zero-order chi connectivity index (χ0) is 15.0. The maximum absolute atomic E-state index is 9.42. The van der Waals surface area contributed by atoms with Crippen LogP contribution >= 0.6 is 37.5 Å². The van der Waals surface area contributed by atoms with Crippen molar-refractivity contribution in [1.82, 2.24) is 0 Å². The van der Waals surface area contributed by atoms with Crippen LogP contribution in [0.5, 0.6) is 5.75 Å². The van der Waals surface area contributed by atoms with Crippen LogP contribution in [-0.2, 0) is 0 Å². The van der Waals surface area contributed by atoms with E-state index in [2.05, 4.69) is 25.3 Å². The fraction of sp³-hybridized carbons (Fsp3) is 0.133. The maximum atomic E-state index is 9.42. The van der Waals surface area contributed by atoms with Crippen LogP contribution in [0.25, 0.3) is 0 Å². The first-order valence-corrected chi connectivity index (χ1v) is 7.86. The van der Waals surface area contributed by atoms with E-state index >= 15 is 0 Å². The molecule has 1 fully saturated rings. The summed E-state index contributed by atoms with van der Waals surface area (Å²) in [5.74, 6) is 0.224. The molecule has 3 rings (SSSR count). The Labute approximate surface area is 140 Å². The van der Waals surface area contributed by atoms with Gasteiger partial charge in [0.05, 0.1) is 0 Å². The summed E-state index contributed by atoms with van der Waals surface area (Å²) in [6, 6.07) is 16.8. The number of nitrogens with zero attached hydrogens (tertiary/aromatic N) is 2. The van der Waals surface area contributed by atoms with Gasteiger partial charge in [-0.05, 0) is 48.6 Å². The van der Waals surface area contributed by atoms with Crippen LogP contribution in [0.2, 0.25) is 0 Å². The molecule has 2 unspecified atom stereocenters. The number of hydrogen-bond donors (Lipinski definition) is 3. The molecule has 21 heavy (non-hydrogen) atoms. The number of hydrogen-bond acceptors (Lipinski definition) is 4. The quantitative estimate of drug-likeness (QED) is 0.579. The van der Waals surface area contributed by atoms with Gasteiger partial charge < -0.3 is 14.9 Å². The monoisotopic (exact) mass is 334 g/mol. The highest BCUT2D eigenvalue weighted by Crippen LogP contribution is 2.36. The van der Waals surface area contributed by atoms with Gasteiger partial charge in [0, 0.05) is 11.4 Å². The van der Waals surface area contributed by atoms with Crippen molar-refractivity contribution < 1.29 is 5.11 Å². The molecule has 0 spiro atoms. The van der Waals surface area contributed by atoms with Crippen molar-refractivity contribution in [3.8, 4) is 5.75 Å². The van der Waals surface area contributed by atoms with Gasteiger partial charge in [-0.15, -0.1) is 0 Å². The van der Waals surface area contributed by atoms with Crippen LogP contribution < -0.4 is 9.80 Å². The number of phenolic OH excluding ortho intramolecular Hbond substituents is 1. The number of thiol groups is 2. The van der Waals surface area contributed by atoms with Crippen LogP contribution in [0.3, 0.4) is 0 Å². The molecule has 0 amide bonds. The zero-order valence-corrected chi connectivity index (χ0v) is 13.6. The molecule has 0 bridgehead atoms. The molecule has 3 nitrogen and oxygen atoms in total. The van der Waals surface area contributed by atoms with Crippen LogP contribution in [0.1, 0.15) is 0 Å². The van der Waals surface area contributed by atoms with Crippen LogP contribution in [-0.4, -0.2) is 21.0 Å². The van der Waals surface area contributed by atoms with Gasteiger partial charge in [-0.3, -0.25) is 0 Å². The summed E-state index contributed by atoms with van der Waals surface area (Å²) in [5.41, 5.74) is 1.87. The number of thiocarbonyl (C=S) groups is 1. The van der Waals surface area contributed by atoms with E-state index in [1.807, 2.05) is 52.3 Å². The fourth-order valence-electron chi connectivity index (χ4n) is 2.34. The molecule has 1 saturated heterocycles. The molecule has 1 aliphatic heterocycles. The van der Waals surface area contributed by atoms with Crippen LogP contribution in [0.15, 0.2) is 54.6 Å². The Morgan fingerprint density at radius 3 is 1.81 bits per heavy atom. The van der Waals surface area contributed by atoms with Gasteiger partial charge in [-0.1, -0.05) is 18.2 Å². The highest BCUT2D eigenvalue weighted by molar-refractivity contribution is 7.86. The number of benzene rings is 2. The molecule has 2 atom stereocenters. The number of rotatable bonds is 2. The number of aromatic hydroxyl groups is 1. The van der Waals surface area contributed by atoms with E-state index in [1.54, 1.807) is 12.1 Å². The van der Waals surface area contributed by atoms with Gasteiger partial charge in [-0.25, -0.2) is 0 Å². The summed E-state index contributed by atoms with van der Waals surface area (Å²) in [6.45, 7) is 0. The number of para-hydroxylation sites is 1. The van der Waals surface area contributed by atoms with E-state index in [0.717, 1.165) is 11.4 Å². The molecule has 1 heterocycles. The molecule has 0 radical (unpaired) electrons. The van der Waals surface area contributed by atoms with Crippen molar-refractivity contribution in [2.45, 2.75) is 10.7 Å². The summed E-state index contributed by atoms with van der Waals surface area (Å²) in [6.07, 6.45) is 0. The Kier molecular flexibility index (Phi) is 4.01. The molecular formula is C15H14N2OS3. The molecule has 2 aromatic rings. The van der Waals surface area contributed by atoms with Crippen LogP contribution in [0, 0.1) is 0 Å². The van der Waals surface area contributed by atoms with Crippen molar-refractivity contribution in [2.24, 2.45) is 0 Å². The summed E-state index contributed by atoms with van der Waals surface area (Å²) in [7, 11) is 0. The zero-order valence-electron chi connectivity index (χ0n) is 11.0. The molecular weight excluding hydrogens is 320 g/mol. The Balaban J connectivity index is 1.97. The van der Waals surface area contributed by atoms with Crippen molar-refractivity contribution in [3.63, 3.8) is 0 Å². The van der Waals surface area contributed by atoms with Gasteiger partial charge in [-0.2, -0.15) is 25.3 Å². The van der Waals surface area contributed by atoms with E-state index in [1.165, 1.54) is 0 Å². The van der Waals surface area contributed by atoms with Crippen molar-refractivity contribution in [2.75, 3.05) is 9.80 Å². The molecule has 108 valence electrons. The highest BCUT2D eigenvalue weighted by Gasteiger charge is 2.40. The average molecular weight is 334 g/mol. The smallest absolute Gasteiger partial charge is 0.182 e. The third kappa shape index (κ3) is 2.59. The lowest BCUT2D eigenvalue weighted by Crippen LogP contribution is -2.33. The summed E-state index contributed by atoms with van der Waals surface area (Å²) in [5, 5.41) is 9.73. The molecule has 2 aromatic carbocycles. The molecule has 1 N–H and O–H groups in total. The normalized spacial score (nSPS) is 21.9. The third-order valence-electron chi connectivity index (χ3n) is 3.37. The molecule has 1 aliphatic rings. The Hall–Kier alpha value is -1.37. The fourth-order valence-corrected chi connectivity index (χ4v) is 3.68. The second-order valence-corrected chi connectivity index (χ2v) is 6.13. The minimum absolute atomic E-state index is 0.156. The summed E-state index contributed by atoms with van der Waals surface area (Å²) >= 11 is 14.9. The minimum atomic E-state index is -0.175. The predicted octanol–water partition coefficient (Wildman–Crippen LogP) is 3.52. The standard InChI is InChI=1S/C15H14N2OS3/c18-12-8-6-11(7-9-12)17-14(20)13(19)16(15(17)21)10-4-2-1-3-5-10/h1-9,13-14,18-20H. The third-order valence-corrected chi connectivity index (χ3v) is 5.03. The van der Waals surface area contributed by atoms with E-state index in [4.69, 9.17) is 12.2 Å². The van der Waals surface area contributed by atoms with E-state index in [-0.39, 0.29) is 16.5 Å². The van der Waals surface area contributed by atoms with Gasteiger partial charge in [0.25, 0.3) is 0 Å². The Bertz CT molecular complexity index is 648. The first kappa shape index (κ1) is 14.6. The topological polar surface area (TPSA) is 26.7 Å². The summed E-state index contributed by atoms with van der Waals surface area (Å²) in [4.78, 5) is 3.91. The lowest BCUT2D eigenvalue weighted by Gasteiger charge is -2.23. The van der Waals surface area contributed by atoms with Crippen molar-refractivity contribution >= 4 is 54.0 Å². The van der Waals surface area contributed by atoms with Crippen molar-refractivity contribution in [1.29, 1.82) is 0 Å². The first-order valence-electron chi connectivity index (χ1n) is 6.42. The SMILES string of the molecule is Oc1ccc(N2C(=S)N(c3ccccc3)C(S)C2S)cc1. The minimum Gasteiger partial charge on any atom is -0.508 e. The van der Waals surface area contributed by atoms with Gasteiger partial charge in [0.2, 0.25) is 0 Å². The summed E-state index contributed by atoms with van der Waals surface area (Å²) < 4.78 is 0. The first-order chi connectivity index (χ1) is 10.1. The second kappa shape index (κ2) is 5.79. The van der Waals surface area contributed by atoms with Gasteiger partial charge >= 0.3 is 0 Å². The molecule has 0 aliphatic carbocycles. The van der Waals surface area contributed by atoms with Gasteiger partial charge in [0.1, 0.15) is 16.5 Å². The van der Waals surface area contributed by atoms with Crippen LogP contribution in [0.4, 0.5) is 11.4 Å². The second-order valence-electron chi connectivity index (χ2n) is 4.70. The Morgan fingerprint density at radius 2 is 1.29 bits per heavy atom. The number of anilines is 2. The van der Waals surface area contributed by atoms with E-state index in [0.29, 0.717) is 5.11 Å². The van der Waals surface area contributed by atoms with E-state index < -0.39 is 0 Å². The highest BCUT2D eigenvalue weighted by atomic mass is 32.1. The Morgan fingerprint density at radius 1 is 0.810 bits per heavy atom. The molecule has 6 heteroatoms. The molecule has 0 aromatic heterocycles.